The Kier molecular flexibility index (Phi) is 9.79. The highest BCUT2D eigenvalue weighted by Gasteiger charge is 2.32. The maximum absolute atomic E-state index is 11.9. The number of nitrogen functional groups attached to an aromatic ring is 1. The summed E-state index contributed by atoms with van der Waals surface area (Å²) in [5, 5.41) is 17.9. The second kappa shape index (κ2) is 10.7. The SMILES string of the molecule is CC.CC(C)(C)S(C)(C)OC(=O)c1ccc(O)cc1.Nc1ccc(O)cc1. The molecule has 0 aromatic heterocycles. The molecule has 0 spiro atoms. The molecule has 0 aliphatic heterocycles. The van der Waals surface area contributed by atoms with Gasteiger partial charge in [0.15, 0.2) is 0 Å². The highest BCUT2D eigenvalue weighted by Crippen LogP contribution is 2.54. The van der Waals surface area contributed by atoms with Crippen molar-refractivity contribution in [2.75, 3.05) is 18.2 Å². The van der Waals surface area contributed by atoms with Crippen LogP contribution in [0.3, 0.4) is 0 Å². The predicted octanol–water partition coefficient (Wildman–Crippen LogP) is 5.33. The Morgan fingerprint density at radius 3 is 1.59 bits per heavy atom. The van der Waals surface area contributed by atoms with Gasteiger partial charge in [0.25, 0.3) is 0 Å². The van der Waals surface area contributed by atoms with Crippen molar-refractivity contribution in [2.45, 2.75) is 39.4 Å². The molecule has 0 unspecified atom stereocenters. The van der Waals surface area contributed by atoms with Crippen LogP contribution >= 0.6 is 10.3 Å². The Morgan fingerprint density at radius 2 is 1.26 bits per heavy atom. The highest BCUT2D eigenvalue weighted by molar-refractivity contribution is 8.30. The average molecular weight is 396 g/mol. The van der Waals surface area contributed by atoms with Gasteiger partial charge in [-0.05, 0) is 81.8 Å². The van der Waals surface area contributed by atoms with Gasteiger partial charge in [0, 0.05) is 10.4 Å². The van der Waals surface area contributed by atoms with E-state index < -0.39 is 10.3 Å². The fourth-order valence-corrected chi connectivity index (χ4v) is 2.16. The number of nitrogens with two attached hydrogens (primary N) is 1. The second-order valence-electron chi connectivity index (χ2n) is 6.85. The predicted molar refractivity (Wildman–Crippen MR) is 117 cm³/mol. The molecule has 6 heteroatoms. The van der Waals surface area contributed by atoms with Crippen molar-refractivity contribution in [3.63, 3.8) is 0 Å². The molecular weight excluding hydrogens is 362 g/mol. The molecule has 2 rings (SSSR count). The number of hydrogen-bond donors (Lipinski definition) is 3. The van der Waals surface area contributed by atoms with Gasteiger partial charge in [-0.2, -0.15) is 0 Å². The minimum atomic E-state index is -1.47. The van der Waals surface area contributed by atoms with E-state index in [4.69, 9.17) is 20.1 Å². The van der Waals surface area contributed by atoms with E-state index in [0.29, 0.717) is 11.3 Å². The largest absolute Gasteiger partial charge is 0.508 e. The maximum Gasteiger partial charge on any atom is 0.348 e. The Balaban J connectivity index is 0.000000562. The highest BCUT2D eigenvalue weighted by atomic mass is 32.3. The number of phenolic OH excluding ortho intramolecular Hbond substituents is 2. The molecule has 0 atom stereocenters. The monoisotopic (exact) mass is 395 g/mol. The topological polar surface area (TPSA) is 92.8 Å². The van der Waals surface area contributed by atoms with Gasteiger partial charge in [-0.15, -0.1) is 0 Å². The van der Waals surface area contributed by atoms with Gasteiger partial charge in [-0.25, -0.2) is 4.79 Å². The minimum Gasteiger partial charge on any atom is -0.508 e. The standard InChI is InChI=1S/C13H20O3S.C6H7NO.C2H6/c1-13(2,3)17(4,5)16-12(15)10-6-8-11(14)9-7-10;7-5-1-3-6(8)4-2-5;1-2/h6-9,14H,1-5H3;1-4,8H,7H2;1-2H3. The Labute approximate surface area is 164 Å². The van der Waals surface area contributed by atoms with Crippen LogP contribution in [0.15, 0.2) is 48.5 Å². The van der Waals surface area contributed by atoms with Crippen LogP contribution in [0.2, 0.25) is 0 Å². The molecule has 2 aromatic carbocycles. The fourth-order valence-electron chi connectivity index (χ4n) is 1.43. The number of benzene rings is 2. The molecule has 27 heavy (non-hydrogen) atoms. The number of phenols is 2. The number of hydrogen-bond acceptors (Lipinski definition) is 5. The van der Waals surface area contributed by atoms with E-state index in [2.05, 4.69) is 20.8 Å². The zero-order chi connectivity index (χ0) is 21.3. The smallest absolute Gasteiger partial charge is 0.348 e. The number of aromatic hydroxyl groups is 2. The van der Waals surface area contributed by atoms with Crippen molar-refractivity contribution < 1.29 is 19.2 Å². The zero-order valence-corrected chi connectivity index (χ0v) is 18.1. The fraction of sp³-hybridized carbons (Fsp3) is 0.381. The van der Waals surface area contributed by atoms with E-state index >= 15 is 0 Å². The van der Waals surface area contributed by atoms with Crippen molar-refractivity contribution >= 4 is 22.0 Å². The third-order valence-electron chi connectivity index (χ3n) is 3.75. The van der Waals surface area contributed by atoms with Gasteiger partial charge in [0.05, 0.1) is 5.56 Å². The van der Waals surface area contributed by atoms with Crippen LogP contribution in [0, 0.1) is 0 Å². The number of carbonyl (C=O) groups excluding carboxylic acids is 1. The summed E-state index contributed by atoms with van der Waals surface area (Å²) in [7, 11) is -1.47. The van der Waals surface area contributed by atoms with Crippen molar-refractivity contribution in [3.8, 4) is 11.5 Å². The summed E-state index contributed by atoms with van der Waals surface area (Å²) in [6, 6.07) is 12.5. The van der Waals surface area contributed by atoms with E-state index in [9.17, 15) is 4.79 Å². The molecule has 0 bridgehead atoms. The first-order valence-electron chi connectivity index (χ1n) is 8.72. The molecule has 0 heterocycles. The number of anilines is 1. The van der Waals surface area contributed by atoms with Crippen molar-refractivity contribution in [3.05, 3.63) is 54.1 Å². The molecule has 0 saturated carbocycles. The minimum absolute atomic E-state index is 0.0560. The van der Waals surface area contributed by atoms with E-state index in [0.717, 1.165) is 0 Å². The Bertz CT molecular complexity index is 669. The van der Waals surface area contributed by atoms with Crippen LogP contribution < -0.4 is 5.73 Å². The third-order valence-corrected chi connectivity index (χ3v) is 7.27. The van der Waals surface area contributed by atoms with Crippen molar-refractivity contribution in [1.82, 2.24) is 0 Å². The summed E-state index contributed by atoms with van der Waals surface area (Å²) in [6.45, 7) is 10.2. The lowest BCUT2D eigenvalue weighted by Crippen LogP contribution is -2.27. The summed E-state index contributed by atoms with van der Waals surface area (Å²) < 4.78 is 5.53. The van der Waals surface area contributed by atoms with Crippen LogP contribution in [0.1, 0.15) is 45.0 Å². The molecule has 4 N–H and O–H groups in total. The van der Waals surface area contributed by atoms with E-state index in [1.165, 1.54) is 12.1 Å². The molecule has 2 aromatic rings. The number of rotatable bonds is 2. The van der Waals surface area contributed by atoms with Crippen LogP contribution in [0.25, 0.3) is 0 Å². The Hall–Kier alpha value is -2.34. The molecule has 0 aliphatic rings. The lowest BCUT2D eigenvalue weighted by Gasteiger charge is -2.42. The summed E-state index contributed by atoms with van der Waals surface area (Å²) >= 11 is 0. The van der Waals surface area contributed by atoms with Crippen LogP contribution in [0.5, 0.6) is 11.5 Å². The van der Waals surface area contributed by atoms with Gasteiger partial charge in [-0.3, -0.25) is 0 Å². The summed E-state index contributed by atoms with van der Waals surface area (Å²) in [5.74, 6) is 0.0584. The molecular formula is C21H33NO4S. The first kappa shape index (κ1) is 24.7. The van der Waals surface area contributed by atoms with E-state index in [-0.39, 0.29) is 22.2 Å². The maximum atomic E-state index is 11.9. The van der Waals surface area contributed by atoms with Gasteiger partial charge in [0.1, 0.15) is 11.5 Å². The second-order valence-corrected chi connectivity index (χ2v) is 10.7. The molecule has 0 fully saturated rings. The van der Waals surface area contributed by atoms with Crippen molar-refractivity contribution in [2.24, 2.45) is 0 Å². The average Bonchev–Trinajstić information content (AvgIpc) is 2.59. The lowest BCUT2D eigenvalue weighted by molar-refractivity contribution is 0.0756. The van der Waals surface area contributed by atoms with Crippen molar-refractivity contribution in [1.29, 1.82) is 0 Å². The number of carbonyl (C=O) groups is 1. The van der Waals surface area contributed by atoms with Crippen LogP contribution in [0.4, 0.5) is 5.69 Å². The first-order chi connectivity index (χ1) is 12.4. The molecule has 0 amide bonds. The van der Waals surface area contributed by atoms with Gasteiger partial charge >= 0.3 is 5.97 Å². The molecule has 0 saturated heterocycles. The van der Waals surface area contributed by atoms with Gasteiger partial charge in [-0.1, -0.05) is 24.2 Å². The molecule has 152 valence electrons. The van der Waals surface area contributed by atoms with E-state index in [1.807, 2.05) is 26.4 Å². The summed E-state index contributed by atoms with van der Waals surface area (Å²) in [5.41, 5.74) is 6.45. The van der Waals surface area contributed by atoms with Gasteiger partial charge < -0.3 is 20.1 Å². The van der Waals surface area contributed by atoms with Crippen LogP contribution in [-0.4, -0.2) is 33.4 Å². The summed E-state index contributed by atoms with van der Waals surface area (Å²) in [4.78, 5) is 11.9. The first-order valence-corrected chi connectivity index (χ1v) is 11.1. The summed E-state index contributed by atoms with van der Waals surface area (Å²) in [6.07, 6.45) is 3.95. The molecule has 0 radical (unpaired) electrons. The quantitative estimate of drug-likeness (QED) is 0.472. The van der Waals surface area contributed by atoms with E-state index in [1.54, 1.807) is 36.4 Å². The molecule has 5 nitrogen and oxygen atoms in total. The van der Waals surface area contributed by atoms with Gasteiger partial charge in [0.2, 0.25) is 0 Å². The normalized spacial score (nSPS) is 11.2. The third kappa shape index (κ3) is 8.73. The molecule has 0 aliphatic carbocycles. The zero-order valence-electron chi connectivity index (χ0n) is 17.3. The van der Waals surface area contributed by atoms with Crippen LogP contribution in [-0.2, 0) is 4.18 Å². The Morgan fingerprint density at radius 1 is 0.889 bits per heavy atom. The lowest BCUT2D eigenvalue weighted by atomic mass is 10.2.